The van der Waals surface area contributed by atoms with Gasteiger partial charge in [-0.3, -0.25) is 0 Å². The second-order valence-corrected chi connectivity index (χ2v) is 7.99. The molecular weight excluding hydrogens is 200 g/mol. The van der Waals surface area contributed by atoms with Gasteiger partial charge in [0.05, 0.1) is 0 Å². The molecule has 0 saturated carbocycles. The van der Waals surface area contributed by atoms with Crippen LogP contribution in [-0.2, 0) is 4.43 Å². The molecule has 0 aromatic heterocycles. The first-order chi connectivity index (χ1) is 6.02. The first kappa shape index (κ1) is 10.8. The molecule has 0 radical (unpaired) electrons. The molecule has 13 heavy (non-hydrogen) atoms. The summed E-state index contributed by atoms with van der Waals surface area (Å²) >= 11 is 5.82. The zero-order chi connectivity index (χ0) is 9.90. The second kappa shape index (κ2) is 4.27. The maximum Gasteiger partial charge on any atom is 0.220 e. The molecule has 0 amide bonds. The third kappa shape index (κ3) is 3.14. The van der Waals surface area contributed by atoms with Gasteiger partial charge in [-0.05, 0) is 25.2 Å². The standard InChI is InChI=1S/C10H15ClOSi/c1-9(11)12-13(2,3)10-7-5-4-6-8-10/h4-9H,1-3H3. The molecule has 3 heteroatoms. The molecule has 0 aliphatic heterocycles. The molecule has 0 aliphatic rings. The Bertz CT molecular complexity index is 259. The Morgan fingerprint density at radius 2 is 1.77 bits per heavy atom. The van der Waals surface area contributed by atoms with Gasteiger partial charge in [-0.15, -0.1) is 0 Å². The number of hydrogen-bond acceptors (Lipinski definition) is 1. The lowest BCUT2D eigenvalue weighted by Gasteiger charge is -2.24. The van der Waals surface area contributed by atoms with E-state index in [1.165, 1.54) is 5.19 Å². The van der Waals surface area contributed by atoms with Crippen LogP contribution in [0.5, 0.6) is 0 Å². The van der Waals surface area contributed by atoms with Crippen LogP contribution in [0.2, 0.25) is 13.1 Å². The molecule has 1 aromatic rings. The van der Waals surface area contributed by atoms with Gasteiger partial charge in [-0.1, -0.05) is 41.9 Å². The van der Waals surface area contributed by atoms with E-state index < -0.39 is 8.32 Å². The highest BCUT2D eigenvalue weighted by atomic mass is 35.5. The summed E-state index contributed by atoms with van der Waals surface area (Å²) < 4.78 is 5.73. The van der Waals surface area contributed by atoms with E-state index in [4.69, 9.17) is 16.0 Å². The number of halogens is 1. The van der Waals surface area contributed by atoms with Crippen LogP contribution < -0.4 is 5.19 Å². The summed E-state index contributed by atoms with van der Waals surface area (Å²) in [5.41, 5.74) is -0.207. The zero-order valence-electron chi connectivity index (χ0n) is 8.25. The van der Waals surface area contributed by atoms with Crippen molar-refractivity contribution in [2.24, 2.45) is 0 Å². The molecule has 1 unspecified atom stereocenters. The van der Waals surface area contributed by atoms with Crippen LogP contribution in [0.3, 0.4) is 0 Å². The van der Waals surface area contributed by atoms with Crippen molar-refractivity contribution >= 4 is 25.1 Å². The summed E-state index contributed by atoms with van der Waals surface area (Å²) in [6, 6.07) is 10.3. The zero-order valence-corrected chi connectivity index (χ0v) is 10.0. The lowest BCUT2D eigenvalue weighted by molar-refractivity contribution is 0.299. The van der Waals surface area contributed by atoms with Gasteiger partial charge in [0.2, 0.25) is 8.32 Å². The highest BCUT2D eigenvalue weighted by Crippen LogP contribution is 2.10. The van der Waals surface area contributed by atoms with Crippen molar-refractivity contribution in [3.8, 4) is 0 Å². The fourth-order valence-corrected chi connectivity index (χ4v) is 3.92. The minimum Gasteiger partial charge on any atom is -0.397 e. The van der Waals surface area contributed by atoms with Crippen molar-refractivity contribution in [3.63, 3.8) is 0 Å². The van der Waals surface area contributed by atoms with Crippen LogP contribution in [-0.4, -0.2) is 13.9 Å². The van der Waals surface area contributed by atoms with Crippen LogP contribution in [0.25, 0.3) is 0 Å². The molecule has 0 fully saturated rings. The van der Waals surface area contributed by atoms with Crippen LogP contribution in [0.1, 0.15) is 6.92 Å². The average molecular weight is 215 g/mol. The van der Waals surface area contributed by atoms with E-state index in [-0.39, 0.29) is 5.56 Å². The van der Waals surface area contributed by atoms with Crippen molar-refractivity contribution in [2.75, 3.05) is 0 Å². The van der Waals surface area contributed by atoms with E-state index in [0.717, 1.165) is 0 Å². The minimum atomic E-state index is -1.77. The maximum absolute atomic E-state index is 5.82. The number of benzene rings is 1. The van der Waals surface area contributed by atoms with E-state index in [1.807, 2.05) is 25.1 Å². The van der Waals surface area contributed by atoms with E-state index in [9.17, 15) is 0 Å². The first-order valence-electron chi connectivity index (χ1n) is 4.40. The SMILES string of the molecule is CC(Cl)O[Si](C)(C)c1ccccc1. The van der Waals surface area contributed by atoms with Crippen molar-refractivity contribution in [3.05, 3.63) is 30.3 Å². The Hall–Kier alpha value is -0.313. The van der Waals surface area contributed by atoms with Gasteiger partial charge in [-0.25, -0.2) is 0 Å². The quantitative estimate of drug-likeness (QED) is 0.556. The average Bonchev–Trinajstić information content (AvgIpc) is 2.04. The summed E-state index contributed by atoms with van der Waals surface area (Å²) in [6.45, 7) is 6.17. The lowest BCUT2D eigenvalue weighted by Crippen LogP contribution is -2.45. The van der Waals surface area contributed by atoms with Crippen LogP contribution >= 0.6 is 11.6 Å². The maximum atomic E-state index is 5.82. The van der Waals surface area contributed by atoms with Crippen LogP contribution in [0, 0.1) is 0 Å². The Morgan fingerprint density at radius 3 is 2.23 bits per heavy atom. The van der Waals surface area contributed by atoms with E-state index >= 15 is 0 Å². The van der Waals surface area contributed by atoms with E-state index in [1.54, 1.807) is 0 Å². The Morgan fingerprint density at radius 1 is 1.23 bits per heavy atom. The fraction of sp³-hybridized carbons (Fsp3) is 0.400. The van der Waals surface area contributed by atoms with Crippen LogP contribution in [0.4, 0.5) is 0 Å². The summed E-state index contributed by atoms with van der Waals surface area (Å²) in [5.74, 6) is 0. The van der Waals surface area contributed by atoms with E-state index in [2.05, 4.69) is 25.2 Å². The molecule has 0 aliphatic carbocycles. The molecule has 0 bridgehead atoms. The molecule has 0 spiro atoms. The minimum absolute atomic E-state index is 0.207. The molecule has 72 valence electrons. The van der Waals surface area contributed by atoms with Crippen molar-refractivity contribution in [1.29, 1.82) is 0 Å². The van der Waals surface area contributed by atoms with Crippen molar-refractivity contribution in [1.82, 2.24) is 0 Å². The van der Waals surface area contributed by atoms with Gasteiger partial charge >= 0.3 is 0 Å². The molecule has 0 saturated heterocycles. The number of alkyl halides is 1. The molecule has 1 nitrogen and oxygen atoms in total. The number of hydrogen-bond donors (Lipinski definition) is 0. The van der Waals surface area contributed by atoms with Gasteiger partial charge < -0.3 is 4.43 Å². The third-order valence-electron chi connectivity index (χ3n) is 1.93. The second-order valence-electron chi connectivity index (χ2n) is 3.54. The molecule has 1 atom stereocenters. The Balaban J connectivity index is 2.81. The summed E-state index contributed by atoms with van der Waals surface area (Å²) in [7, 11) is -1.77. The largest absolute Gasteiger partial charge is 0.397 e. The summed E-state index contributed by atoms with van der Waals surface area (Å²) in [5, 5.41) is 1.28. The molecule has 1 rings (SSSR count). The summed E-state index contributed by atoms with van der Waals surface area (Å²) in [6.07, 6.45) is 0. The van der Waals surface area contributed by atoms with E-state index in [0.29, 0.717) is 0 Å². The van der Waals surface area contributed by atoms with Gasteiger partial charge in [-0.2, -0.15) is 0 Å². The van der Waals surface area contributed by atoms with Gasteiger partial charge in [0, 0.05) is 0 Å². The summed E-state index contributed by atoms with van der Waals surface area (Å²) in [4.78, 5) is 0. The number of rotatable bonds is 3. The predicted molar refractivity (Wildman–Crippen MR) is 60.0 cm³/mol. The topological polar surface area (TPSA) is 9.23 Å². The van der Waals surface area contributed by atoms with Gasteiger partial charge in [0.25, 0.3) is 0 Å². The molecule has 0 heterocycles. The third-order valence-corrected chi connectivity index (χ3v) is 4.83. The molecular formula is C10H15ClOSi. The highest BCUT2D eigenvalue weighted by molar-refractivity contribution is 6.84. The van der Waals surface area contributed by atoms with Crippen LogP contribution in [0.15, 0.2) is 30.3 Å². The molecule has 1 aromatic carbocycles. The smallest absolute Gasteiger partial charge is 0.220 e. The first-order valence-corrected chi connectivity index (χ1v) is 7.74. The van der Waals surface area contributed by atoms with Gasteiger partial charge in [0.1, 0.15) is 5.56 Å². The Labute approximate surface area is 85.8 Å². The molecule has 0 N–H and O–H groups in total. The fourth-order valence-electron chi connectivity index (χ4n) is 1.31. The van der Waals surface area contributed by atoms with Crippen molar-refractivity contribution < 1.29 is 4.43 Å². The van der Waals surface area contributed by atoms with Gasteiger partial charge in [0.15, 0.2) is 0 Å². The normalized spacial score (nSPS) is 14.2. The monoisotopic (exact) mass is 214 g/mol. The van der Waals surface area contributed by atoms with Crippen molar-refractivity contribution in [2.45, 2.75) is 25.6 Å². The lowest BCUT2D eigenvalue weighted by atomic mass is 10.4. The highest BCUT2D eigenvalue weighted by Gasteiger charge is 2.26. The Kier molecular flexibility index (Phi) is 3.53. The predicted octanol–water partition coefficient (Wildman–Crippen LogP) is 2.70.